The van der Waals surface area contributed by atoms with Crippen molar-refractivity contribution in [3.8, 4) is 10.6 Å². The first-order chi connectivity index (χ1) is 14.1. The van der Waals surface area contributed by atoms with Crippen LogP contribution in [0.15, 0.2) is 66.4 Å². The van der Waals surface area contributed by atoms with E-state index >= 15 is 0 Å². The van der Waals surface area contributed by atoms with Crippen LogP contribution in [0, 0.1) is 6.92 Å². The van der Waals surface area contributed by atoms with Gasteiger partial charge in [0.2, 0.25) is 0 Å². The van der Waals surface area contributed by atoms with Gasteiger partial charge in [-0.2, -0.15) is 5.10 Å². The van der Waals surface area contributed by atoms with Gasteiger partial charge in [0.05, 0.1) is 17.9 Å². The molecule has 0 saturated heterocycles. The van der Waals surface area contributed by atoms with Crippen molar-refractivity contribution in [2.75, 3.05) is 0 Å². The topological polar surface area (TPSA) is 72.7 Å². The molecular formula is C22H21N5OS. The first-order valence-electron chi connectivity index (χ1n) is 9.30. The average Bonchev–Trinajstić information content (AvgIpc) is 3.39. The molecule has 0 fully saturated rings. The van der Waals surface area contributed by atoms with E-state index in [4.69, 9.17) is 0 Å². The molecule has 29 heavy (non-hydrogen) atoms. The second-order valence-electron chi connectivity index (χ2n) is 6.91. The lowest BCUT2D eigenvalue weighted by Crippen LogP contribution is -2.30. The number of hydrogen-bond donors (Lipinski definition) is 1. The molecule has 4 rings (SSSR count). The molecule has 4 aromatic rings. The molecule has 0 saturated carbocycles. The van der Waals surface area contributed by atoms with E-state index in [1.54, 1.807) is 22.5 Å². The molecular weight excluding hydrogens is 382 g/mol. The molecule has 1 amide bonds. The number of carbonyl (C=O) groups is 1. The third-order valence-corrected chi connectivity index (χ3v) is 5.49. The molecule has 0 aliphatic heterocycles. The molecule has 6 nitrogen and oxygen atoms in total. The maximum atomic E-state index is 12.9. The number of aromatic nitrogens is 4. The smallest absolute Gasteiger partial charge is 0.271 e. The zero-order valence-corrected chi connectivity index (χ0v) is 17.1. The Morgan fingerprint density at radius 2 is 2.03 bits per heavy atom. The van der Waals surface area contributed by atoms with Gasteiger partial charge in [-0.05, 0) is 31.0 Å². The van der Waals surface area contributed by atoms with Crippen molar-refractivity contribution in [3.05, 3.63) is 88.9 Å². The number of rotatable bonds is 6. The van der Waals surface area contributed by atoms with Gasteiger partial charge in [0.15, 0.2) is 0 Å². The van der Waals surface area contributed by atoms with Crippen molar-refractivity contribution >= 4 is 17.2 Å². The van der Waals surface area contributed by atoms with E-state index in [1.165, 1.54) is 16.9 Å². The average molecular weight is 404 g/mol. The number of nitrogens with zero attached hydrogens (tertiary/aromatic N) is 4. The Bertz CT molecular complexity index is 1100. The van der Waals surface area contributed by atoms with Crippen LogP contribution < -0.4 is 5.32 Å². The van der Waals surface area contributed by atoms with Crippen molar-refractivity contribution < 1.29 is 4.79 Å². The van der Waals surface area contributed by atoms with Gasteiger partial charge in [0, 0.05) is 30.4 Å². The molecule has 146 valence electrons. The highest BCUT2D eigenvalue weighted by Crippen LogP contribution is 2.24. The van der Waals surface area contributed by atoms with Crippen LogP contribution in [0.4, 0.5) is 0 Å². The minimum Gasteiger partial charge on any atom is -0.342 e. The standard InChI is InChI=1S/C22H21N5OS/c1-15-6-8-16(9-7-15)11-19(18-5-3-4-10-23-18)25-21(28)20-14-29-22(26-20)17-12-24-27(2)13-17/h3-10,12-14,19H,11H2,1-2H3,(H,25,28). The summed E-state index contributed by atoms with van der Waals surface area (Å²) in [6, 6.07) is 13.8. The van der Waals surface area contributed by atoms with E-state index in [9.17, 15) is 4.79 Å². The summed E-state index contributed by atoms with van der Waals surface area (Å²) >= 11 is 1.43. The highest BCUT2D eigenvalue weighted by Gasteiger charge is 2.20. The fourth-order valence-corrected chi connectivity index (χ4v) is 3.82. The fourth-order valence-electron chi connectivity index (χ4n) is 3.05. The summed E-state index contributed by atoms with van der Waals surface area (Å²) in [5.41, 5.74) is 4.47. The molecule has 3 aromatic heterocycles. The first-order valence-corrected chi connectivity index (χ1v) is 10.2. The van der Waals surface area contributed by atoms with E-state index < -0.39 is 0 Å². The highest BCUT2D eigenvalue weighted by atomic mass is 32.1. The van der Waals surface area contributed by atoms with Gasteiger partial charge >= 0.3 is 0 Å². The monoisotopic (exact) mass is 403 g/mol. The summed E-state index contributed by atoms with van der Waals surface area (Å²) in [4.78, 5) is 21.9. The van der Waals surface area contributed by atoms with Crippen LogP contribution >= 0.6 is 11.3 Å². The Hall–Kier alpha value is -3.32. The number of amides is 1. The van der Waals surface area contributed by atoms with Gasteiger partial charge in [-0.15, -0.1) is 11.3 Å². The maximum absolute atomic E-state index is 12.9. The number of thiazole rings is 1. The molecule has 0 spiro atoms. The van der Waals surface area contributed by atoms with Gasteiger partial charge in [0.25, 0.3) is 5.91 Å². The SMILES string of the molecule is Cc1ccc(CC(NC(=O)c2csc(-c3cnn(C)c3)n2)c2ccccn2)cc1. The molecule has 0 aliphatic carbocycles. The summed E-state index contributed by atoms with van der Waals surface area (Å²) in [6.07, 6.45) is 6.03. The Balaban J connectivity index is 1.54. The van der Waals surface area contributed by atoms with Gasteiger partial charge in [0.1, 0.15) is 10.7 Å². The third kappa shape index (κ3) is 4.57. The number of pyridine rings is 1. The van der Waals surface area contributed by atoms with Gasteiger partial charge in [-0.3, -0.25) is 14.5 Å². The van der Waals surface area contributed by atoms with Crippen LogP contribution in [0.1, 0.15) is 33.4 Å². The van der Waals surface area contributed by atoms with Gasteiger partial charge < -0.3 is 5.32 Å². The summed E-state index contributed by atoms with van der Waals surface area (Å²) in [7, 11) is 1.85. The number of nitrogens with one attached hydrogen (secondary N) is 1. The lowest BCUT2D eigenvalue weighted by atomic mass is 10.0. The largest absolute Gasteiger partial charge is 0.342 e. The fraction of sp³-hybridized carbons (Fsp3) is 0.182. The van der Waals surface area contributed by atoms with Crippen LogP contribution in [0.2, 0.25) is 0 Å². The summed E-state index contributed by atoms with van der Waals surface area (Å²) < 4.78 is 1.72. The lowest BCUT2D eigenvalue weighted by Gasteiger charge is -2.18. The van der Waals surface area contributed by atoms with Gasteiger partial charge in [-0.25, -0.2) is 4.98 Å². The van der Waals surface area contributed by atoms with E-state index in [-0.39, 0.29) is 11.9 Å². The normalized spacial score (nSPS) is 11.9. The molecule has 1 N–H and O–H groups in total. The number of aryl methyl sites for hydroxylation is 2. The summed E-state index contributed by atoms with van der Waals surface area (Å²) in [6.45, 7) is 2.06. The molecule has 1 unspecified atom stereocenters. The second kappa shape index (κ2) is 8.36. The second-order valence-corrected chi connectivity index (χ2v) is 7.77. The van der Waals surface area contributed by atoms with Crippen LogP contribution in [-0.4, -0.2) is 25.7 Å². The molecule has 0 radical (unpaired) electrons. The first kappa shape index (κ1) is 19.0. The zero-order chi connectivity index (χ0) is 20.2. The molecule has 1 aromatic carbocycles. The third-order valence-electron chi connectivity index (χ3n) is 4.60. The molecule has 0 bridgehead atoms. The van der Waals surface area contributed by atoms with Gasteiger partial charge in [-0.1, -0.05) is 35.9 Å². The van der Waals surface area contributed by atoms with E-state index in [0.717, 1.165) is 21.8 Å². The van der Waals surface area contributed by atoms with Crippen LogP contribution in [0.3, 0.4) is 0 Å². The minimum absolute atomic E-state index is 0.209. The van der Waals surface area contributed by atoms with Crippen molar-refractivity contribution in [1.29, 1.82) is 0 Å². The van der Waals surface area contributed by atoms with Crippen molar-refractivity contribution in [3.63, 3.8) is 0 Å². The minimum atomic E-state index is -0.241. The Morgan fingerprint density at radius 3 is 2.72 bits per heavy atom. The molecule has 1 atom stereocenters. The lowest BCUT2D eigenvalue weighted by molar-refractivity contribution is 0.0931. The Morgan fingerprint density at radius 1 is 1.21 bits per heavy atom. The molecule has 7 heteroatoms. The zero-order valence-electron chi connectivity index (χ0n) is 16.2. The van der Waals surface area contributed by atoms with Crippen LogP contribution in [-0.2, 0) is 13.5 Å². The Kier molecular flexibility index (Phi) is 5.48. The number of hydrogen-bond acceptors (Lipinski definition) is 5. The van der Waals surface area contributed by atoms with Crippen molar-refractivity contribution in [2.45, 2.75) is 19.4 Å². The predicted molar refractivity (Wildman–Crippen MR) is 114 cm³/mol. The maximum Gasteiger partial charge on any atom is 0.271 e. The quantitative estimate of drug-likeness (QED) is 0.529. The number of benzene rings is 1. The van der Waals surface area contributed by atoms with E-state index in [1.807, 2.05) is 31.4 Å². The summed E-state index contributed by atoms with van der Waals surface area (Å²) in [5, 5.41) is 9.82. The van der Waals surface area contributed by atoms with Crippen LogP contribution in [0.5, 0.6) is 0 Å². The predicted octanol–water partition coefficient (Wildman–Crippen LogP) is 3.96. The molecule has 0 aliphatic rings. The molecule has 3 heterocycles. The van der Waals surface area contributed by atoms with Crippen molar-refractivity contribution in [1.82, 2.24) is 25.1 Å². The Labute approximate surface area is 173 Å². The highest BCUT2D eigenvalue weighted by molar-refractivity contribution is 7.13. The van der Waals surface area contributed by atoms with E-state index in [2.05, 4.69) is 51.6 Å². The van der Waals surface area contributed by atoms with E-state index in [0.29, 0.717) is 12.1 Å². The summed E-state index contributed by atoms with van der Waals surface area (Å²) in [5.74, 6) is -0.209. The number of carbonyl (C=O) groups excluding carboxylic acids is 1. The van der Waals surface area contributed by atoms with Crippen molar-refractivity contribution in [2.24, 2.45) is 7.05 Å². The van der Waals surface area contributed by atoms with Crippen LogP contribution in [0.25, 0.3) is 10.6 Å².